The van der Waals surface area contributed by atoms with Crippen LogP contribution in [0.3, 0.4) is 0 Å². The highest BCUT2D eigenvalue weighted by molar-refractivity contribution is 5.96. The van der Waals surface area contributed by atoms with E-state index in [0.29, 0.717) is 6.54 Å². The van der Waals surface area contributed by atoms with Crippen LogP contribution < -0.4 is 4.90 Å². The fourth-order valence-corrected chi connectivity index (χ4v) is 4.09. The molecule has 4 rings (SSSR count). The molecule has 2 aromatic carbocycles. The van der Waals surface area contributed by atoms with Crippen molar-refractivity contribution in [1.29, 1.82) is 0 Å². The van der Waals surface area contributed by atoms with E-state index >= 15 is 0 Å². The van der Waals surface area contributed by atoms with E-state index in [9.17, 15) is 9.50 Å². The topological polar surface area (TPSA) is 26.5 Å². The zero-order valence-corrected chi connectivity index (χ0v) is 14.8. The summed E-state index contributed by atoms with van der Waals surface area (Å²) < 4.78 is 15.5. The minimum absolute atomic E-state index is 0.278. The van der Waals surface area contributed by atoms with Gasteiger partial charge in [-0.3, -0.25) is 0 Å². The van der Waals surface area contributed by atoms with Crippen LogP contribution in [0.25, 0.3) is 0 Å². The van der Waals surface area contributed by atoms with Gasteiger partial charge < -0.3 is 5.11 Å². The van der Waals surface area contributed by atoms with Gasteiger partial charge in [0.1, 0.15) is 11.5 Å². The molecule has 2 heterocycles. The molecule has 0 spiro atoms. The number of halogens is 1. The van der Waals surface area contributed by atoms with Crippen LogP contribution in [0.2, 0.25) is 0 Å². The van der Waals surface area contributed by atoms with E-state index in [1.807, 2.05) is 0 Å². The molecular weight excluding hydrogens is 315 g/mol. The second-order valence-corrected chi connectivity index (χ2v) is 7.22. The molecular formula is C21H24FN2O+. The third-order valence-corrected chi connectivity index (χ3v) is 5.44. The SMILES string of the molecule is Cc1ccc(C)c(N2C[C@](O)(c3ccc(F)cc3)[N+]3=C2CCCC3)c1. The van der Waals surface area contributed by atoms with Gasteiger partial charge in [-0.2, -0.15) is 0 Å². The first-order valence-corrected chi connectivity index (χ1v) is 8.96. The molecule has 0 saturated carbocycles. The quantitative estimate of drug-likeness (QED) is 0.845. The molecule has 1 N–H and O–H groups in total. The summed E-state index contributed by atoms with van der Waals surface area (Å²) in [5.74, 6) is 0.895. The zero-order valence-electron chi connectivity index (χ0n) is 14.8. The van der Waals surface area contributed by atoms with E-state index in [-0.39, 0.29) is 5.82 Å². The van der Waals surface area contributed by atoms with Crippen molar-refractivity contribution in [2.75, 3.05) is 18.0 Å². The summed E-state index contributed by atoms with van der Waals surface area (Å²) in [5.41, 5.74) is 3.20. The van der Waals surface area contributed by atoms with Crippen molar-refractivity contribution in [1.82, 2.24) is 0 Å². The number of aliphatic hydroxyl groups is 1. The fourth-order valence-electron chi connectivity index (χ4n) is 4.09. The van der Waals surface area contributed by atoms with Crippen molar-refractivity contribution in [2.24, 2.45) is 0 Å². The Hall–Kier alpha value is -2.20. The van der Waals surface area contributed by atoms with Crippen LogP contribution in [0.1, 0.15) is 36.0 Å². The fraction of sp³-hybridized carbons (Fsp3) is 0.381. The standard InChI is InChI=1S/C21H24FN2O/c1-15-6-7-16(2)19(13-15)23-14-21(25,17-8-10-18(22)11-9-17)24-12-4-3-5-20(23)24/h6-11,13,25H,3-5,12,14H2,1-2H3/q+1/t21-/m0/s1. The predicted octanol–water partition coefficient (Wildman–Crippen LogP) is 3.70. The maximum absolute atomic E-state index is 13.4. The van der Waals surface area contributed by atoms with Gasteiger partial charge in [-0.15, -0.1) is 0 Å². The van der Waals surface area contributed by atoms with Gasteiger partial charge in [0.2, 0.25) is 0 Å². The number of benzene rings is 2. The molecule has 0 unspecified atom stereocenters. The Kier molecular flexibility index (Phi) is 3.88. The van der Waals surface area contributed by atoms with E-state index in [1.54, 1.807) is 12.1 Å². The van der Waals surface area contributed by atoms with Gasteiger partial charge in [-0.05, 0) is 68.1 Å². The van der Waals surface area contributed by atoms with Gasteiger partial charge in [0.15, 0.2) is 6.54 Å². The Bertz CT molecular complexity index is 843. The first-order valence-electron chi connectivity index (χ1n) is 8.96. The lowest BCUT2D eigenvalue weighted by molar-refractivity contribution is -0.661. The lowest BCUT2D eigenvalue weighted by atomic mass is 10.0. The lowest BCUT2D eigenvalue weighted by Crippen LogP contribution is -2.41. The highest BCUT2D eigenvalue weighted by Crippen LogP contribution is 2.37. The van der Waals surface area contributed by atoms with Crippen molar-refractivity contribution in [3.63, 3.8) is 0 Å². The lowest BCUT2D eigenvalue weighted by Gasteiger charge is -2.24. The number of hydrogen-bond acceptors (Lipinski definition) is 2. The van der Waals surface area contributed by atoms with Crippen LogP contribution in [-0.2, 0) is 5.72 Å². The van der Waals surface area contributed by atoms with E-state index in [2.05, 4.69) is 41.5 Å². The number of nitrogens with zero attached hydrogens (tertiary/aromatic N) is 2. The highest BCUT2D eigenvalue weighted by Gasteiger charge is 2.52. The van der Waals surface area contributed by atoms with Crippen LogP contribution in [-0.4, -0.2) is 28.6 Å². The van der Waals surface area contributed by atoms with Gasteiger partial charge in [0.05, 0.1) is 6.54 Å². The molecule has 0 fully saturated rings. The van der Waals surface area contributed by atoms with E-state index in [0.717, 1.165) is 37.1 Å². The average Bonchev–Trinajstić information content (AvgIpc) is 2.92. The average molecular weight is 339 g/mol. The molecule has 0 bridgehead atoms. The molecule has 3 nitrogen and oxygen atoms in total. The maximum atomic E-state index is 13.4. The summed E-state index contributed by atoms with van der Waals surface area (Å²) in [6.07, 6.45) is 3.15. The second-order valence-electron chi connectivity index (χ2n) is 7.22. The molecule has 0 aliphatic carbocycles. The van der Waals surface area contributed by atoms with Gasteiger partial charge in [-0.25, -0.2) is 13.9 Å². The third kappa shape index (κ3) is 2.65. The first-order chi connectivity index (χ1) is 12.0. The molecule has 4 heteroatoms. The zero-order chi connectivity index (χ0) is 17.6. The molecule has 1 atom stereocenters. The number of amidine groups is 1. The minimum atomic E-state index is -1.11. The summed E-state index contributed by atoms with van der Waals surface area (Å²) in [4.78, 5) is 2.25. The minimum Gasteiger partial charge on any atom is -0.346 e. The Balaban J connectivity index is 1.83. The summed E-state index contributed by atoms with van der Waals surface area (Å²) >= 11 is 0. The third-order valence-electron chi connectivity index (χ3n) is 5.44. The number of aryl methyl sites for hydroxylation is 2. The number of hydrogen-bond donors (Lipinski definition) is 1. The van der Waals surface area contributed by atoms with Gasteiger partial charge >= 0.3 is 0 Å². The molecule has 2 aromatic rings. The number of β-amino-alcohol motifs (C(OH)–C–C–N with tert-alkyl or cyclic N) is 1. The predicted molar refractivity (Wildman–Crippen MR) is 97.5 cm³/mol. The highest BCUT2D eigenvalue weighted by atomic mass is 19.1. The largest absolute Gasteiger partial charge is 0.346 e. The summed E-state index contributed by atoms with van der Waals surface area (Å²) in [5, 5.41) is 11.6. The Morgan fingerprint density at radius 3 is 2.60 bits per heavy atom. The Morgan fingerprint density at radius 2 is 1.84 bits per heavy atom. The van der Waals surface area contributed by atoms with E-state index < -0.39 is 5.72 Å². The second kappa shape index (κ2) is 5.95. The van der Waals surface area contributed by atoms with Crippen molar-refractivity contribution in [3.8, 4) is 0 Å². The smallest absolute Gasteiger partial charge is 0.271 e. The van der Waals surface area contributed by atoms with Crippen LogP contribution in [0.5, 0.6) is 0 Å². The van der Waals surface area contributed by atoms with E-state index in [1.165, 1.54) is 29.1 Å². The summed E-state index contributed by atoms with van der Waals surface area (Å²) in [6.45, 7) is 5.50. The van der Waals surface area contributed by atoms with Crippen LogP contribution in [0.4, 0.5) is 10.1 Å². The molecule has 0 saturated heterocycles. The van der Waals surface area contributed by atoms with Crippen LogP contribution in [0.15, 0.2) is 42.5 Å². The monoisotopic (exact) mass is 339 g/mol. The molecule has 2 aliphatic rings. The van der Waals surface area contributed by atoms with Crippen LogP contribution >= 0.6 is 0 Å². The van der Waals surface area contributed by atoms with Gasteiger partial charge in [0.25, 0.3) is 11.6 Å². The molecule has 2 aliphatic heterocycles. The number of rotatable bonds is 2. The van der Waals surface area contributed by atoms with Crippen molar-refractivity contribution in [3.05, 3.63) is 65.0 Å². The normalized spacial score (nSPS) is 23.1. The molecule has 0 aromatic heterocycles. The van der Waals surface area contributed by atoms with Gasteiger partial charge in [0, 0.05) is 12.0 Å². The molecule has 0 radical (unpaired) electrons. The first kappa shape index (κ1) is 16.3. The molecule has 130 valence electrons. The Morgan fingerprint density at radius 1 is 1.08 bits per heavy atom. The van der Waals surface area contributed by atoms with Crippen molar-refractivity contribution in [2.45, 2.75) is 38.8 Å². The van der Waals surface area contributed by atoms with Crippen LogP contribution in [0, 0.1) is 19.7 Å². The van der Waals surface area contributed by atoms with E-state index in [4.69, 9.17) is 0 Å². The maximum Gasteiger partial charge on any atom is 0.271 e. The Labute approximate surface area is 148 Å². The molecule has 0 amide bonds. The van der Waals surface area contributed by atoms with Gasteiger partial charge in [-0.1, -0.05) is 12.1 Å². The summed E-state index contributed by atoms with van der Waals surface area (Å²) in [7, 11) is 0. The summed E-state index contributed by atoms with van der Waals surface area (Å²) in [6, 6.07) is 12.7. The van der Waals surface area contributed by atoms with Crippen molar-refractivity contribution >= 4 is 11.5 Å². The van der Waals surface area contributed by atoms with Crippen molar-refractivity contribution < 1.29 is 14.1 Å². The number of anilines is 1. The molecule has 25 heavy (non-hydrogen) atoms.